The lowest BCUT2D eigenvalue weighted by atomic mass is 10.1. The Morgan fingerprint density at radius 1 is 1.11 bits per heavy atom. The van der Waals surface area contributed by atoms with Gasteiger partial charge in [-0.05, 0) is 43.2 Å². The summed E-state index contributed by atoms with van der Waals surface area (Å²) >= 11 is 5.18. The summed E-state index contributed by atoms with van der Waals surface area (Å²) in [6.45, 7) is 3.90. The average Bonchev–Trinajstić information content (AvgIpc) is 2.32. The zero-order valence-electron chi connectivity index (χ0n) is 10.4. The van der Waals surface area contributed by atoms with Gasteiger partial charge < -0.3 is 5.11 Å². The molecule has 2 rings (SSSR count). The monoisotopic (exact) mass is 322 g/mol. The number of benzene rings is 2. The second-order valence-electron chi connectivity index (χ2n) is 4.23. The first-order chi connectivity index (χ1) is 8.58. The first-order valence-electron chi connectivity index (χ1n) is 5.79. The van der Waals surface area contributed by atoms with Crippen molar-refractivity contribution in [2.45, 2.75) is 29.7 Å². The fourth-order valence-corrected chi connectivity index (χ4v) is 3.40. The highest BCUT2D eigenvalue weighted by molar-refractivity contribution is 9.10. The Hall–Kier alpha value is -0.770. The molecule has 0 spiro atoms. The molecule has 2 aromatic carbocycles. The Bertz CT molecular complexity index is 552. The van der Waals surface area contributed by atoms with E-state index in [1.54, 1.807) is 18.7 Å². The molecule has 0 bridgehead atoms. The van der Waals surface area contributed by atoms with Gasteiger partial charge in [-0.3, -0.25) is 0 Å². The highest BCUT2D eigenvalue weighted by Crippen LogP contribution is 2.36. The van der Waals surface area contributed by atoms with Gasteiger partial charge in [0.2, 0.25) is 0 Å². The molecule has 0 fully saturated rings. The van der Waals surface area contributed by atoms with Gasteiger partial charge in [0.25, 0.3) is 0 Å². The SMILES string of the molecule is Cc1ccccc1Sc1cc(Br)ccc1C(C)O. The smallest absolute Gasteiger partial charge is 0.0772 e. The number of hydrogen-bond donors (Lipinski definition) is 1. The predicted octanol–water partition coefficient (Wildman–Crippen LogP) is 4.96. The normalized spacial score (nSPS) is 12.4. The summed E-state index contributed by atoms with van der Waals surface area (Å²) in [6.07, 6.45) is -0.454. The third kappa shape index (κ3) is 3.16. The van der Waals surface area contributed by atoms with E-state index >= 15 is 0 Å². The second kappa shape index (κ2) is 5.91. The van der Waals surface area contributed by atoms with Crippen molar-refractivity contribution in [2.75, 3.05) is 0 Å². The van der Waals surface area contributed by atoms with Gasteiger partial charge in [0.1, 0.15) is 0 Å². The summed E-state index contributed by atoms with van der Waals surface area (Å²) in [5.41, 5.74) is 2.21. The second-order valence-corrected chi connectivity index (χ2v) is 6.23. The van der Waals surface area contributed by atoms with E-state index in [0.29, 0.717) is 0 Å². The van der Waals surface area contributed by atoms with Crippen molar-refractivity contribution >= 4 is 27.7 Å². The summed E-state index contributed by atoms with van der Waals surface area (Å²) in [5, 5.41) is 9.81. The van der Waals surface area contributed by atoms with Gasteiger partial charge in [0.05, 0.1) is 6.10 Å². The maximum atomic E-state index is 9.81. The zero-order valence-corrected chi connectivity index (χ0v) is 12.8. The molecule has 0 amide bonds. The standard InChI is InChI=1S/C15H15BrOS/c1-10-5-3-4-6-14(10)18-15-9-12(16)7-8-13(15)11(2)17/h3-9,11,17H,1-2H3. The molecule has 0 aliphatic carbocycles. The van der Waals surface area contributed by atoms with Gasteiger partial charge in [0.15, 0.2) is 0 Å². The van der Waals surface area contributed by atoms with Crippen LogP contribution in [0.5, 0.6) is 0 Å². The minimum absolute atomic E-state index is 0.454. The van der Waals surface area contributed by atoms with Gasteiger partial charge in [-0.25, -0.2) is 0 Å². The number of aliphatic hydroxyl groups is 1. The van der Waals surface area contributed by atoms with Crippen LogP contribution in [0.25, 0.3) is 0 Å². The van der Waals surface area contributed by atoms with Crippen LogP contribution in [0.2, 0.25) is 0 Å². The molecular weight excluding hydrogens is 308 g/mol. The molecule has 0 saturated heterocycles. The van der Waals surface area contributed by atoms with Crippen LogP contribution >= 0.6 is 27.7 Å². The number of aryl methyl sites for hydroxylation is 1. The molecule has 0 aromatic heterocycles. The molecule has 0 saturated carbocycles. The number of aliphatic hydroxyl groups excluding tert-OH is 1. The van der Waals surface area contributed by atoms with Crippen molar-refractivity contribution in [2.24, 2.45) is 0 Å². The molecule has 0 radical (unpaired) electrons. The van der Waals surface area contributed by atoms with Crippen molar-refractivity contribution in [3.8, 4) is 0 Å². The number of hydrogen-bond acceptors (Lipinski definition) is 2. The molecule has 18 heavy (non-hydrogen) atoms. The maximum Gasteiger partial charge on any atom is 0.0772 e. The fraction of sp³-hybridized carbons (Fsp3) is 0.200. The lowest BCUT2D eigenvalue weighted by molar-refractivity contribution is 0.196. The quantitative estimate of drug-likeness (QED) is 0.861. The molecule has 1 atom stereocenters. The maximum absolute atomic E-state index is 9.81. The van der Waals surface area contributed by atoms with E-state index in [2.05, 4.69) is 41.1 Å². The van der Waals surface area contributed by atoms with Crippen LogP contribution in [0.1, 0.15) is 24.2 Å². The Morgan fingerprint density at radius 2 is 1.83 bits per heavy atom. The van der Waals surface area contributed by atoms with Crippen LogP contribution in [0.15, 0.2) is 56.7 Å². The summed E-state index contributed by atoms with van der Waals surface area (Å²) in [4.78, 5) is 2.31. The fourth-order valence-electron chi connectivity index (χ4n) is 1.73. The van der Waals surface area contributed by atoms with Crippen LogP contribution in [0, 0.1) is 6.92 Å². The van der Waals surface area contributed by atoms with Crippen molar-refractivity contribution in [1.82, 2.24) is 0 Å². The van der Waals surface area contributed by atoms with E-state index in [1.165, 1.54) is 10.5 Å². The van der Waals surface area contributed by atoms with E-state index in [4.69, 9.17) is 0 Å². The minimum Gasteiger partial charge on any atom is -0.389 e. The molecule has 1 N–H and O–H groups in total. The molecule has 94 valence electrons. The molecule has 0 aliphatic heterocycles. The summed E-state index contributed by atoms with van der Waals surface area (Å²) in [5.74, 6) is 0. The Morgan fingerprint density at radius 3 is 2.50 bits per heavy atom. The molecule has 1 unspecified atom stereocenters. The first kappa shape index (κ1) is 13.7. The van der Waals surface area contributed by atoms with E-state index in [-0.39, 0.29) is 0 Å². The highest BCUT2D eigenvalue weighted by Gasteiger charge is 2.10. The first-order valence-corrected chi connectivity index (χ1v) is 7.40. The lowest BCUT2D eigenvalue weighted by Gasteiger charge is -2.13. The van der Waals surface area contributed by atoms with Gasteiger partial charge in [-0.2, -0.15) is 0 Å². The van der Waals surface area contributed by atoms with Gasteiger partial charge in [-0.15, -0.1) is 0 Å². The van der Waals surface area contributed by atoms with Crippen molar-refractivity contribution in [3.63, 3.8) is 0 Å². The number of halogens is 1. The van der Waals surface area contributed by atoms with E-state index in [1.807, 2.05) is 24.3 Å². The van der Waals surface area contributed by atoms with Crippen molar-refractivity contribution in [1.29, 1.82) is 0 Å². The van der Waals surface area contributed by atoms with Gasteiger partial charge in [0, 0.05) is 14.3 Å². The van der Waals surface area contributed by atoms with E-state index < -0.39 is 6.10 Å². The van der Waals surface area contributed by atoms with Crippen LogP contribution in [-0.4, -0.2) is 5.11 Å². The molecule has 0 heterocycles. The summed E-state index contributed by atoms with van der Waals surface area (Å²) in [6, 6.07) is 14.3. The summed E-state index contributed by atoms with van der Waals surface area (Å²) in [7, 11) is 0. The molecule has 0 aliphatic rings. The third-order valence-corrected chi connectivity index (χ3v) is 4.48. The molecule has 2 aromatic rings. The largest absolute Gasteiger partial charge is 0.389 e. The van der Waals surface area contributed by atoms with E-state index in [9.17, 15) is 5.11 Å². The third-order valence-electron chi connectivity index (χ3n) is 2.74. The average molecular weight is 323 g/mol. The van der Waals surface area contributed by atoms with Crippen LogP contribution in [0.3, 0.4) is 0 Å². The Kier molecular flexibility index (Phi) is 4.49. The van der Waals surface area contributed by atoms with Crippen LogP contribution in [0.4, 0.5) is 0 Å². The van der Waals surface area contributed by atoms with Crippen molar-refractivity contribution in [3.05, 3.63) is 58.1 Å². The Labute approximate surface area is 120 Å². The van der Waals surface area contributed by atoms with Crippen LogP contribution < -0.4 is 0 Å². The highest BCUT2D eigenvalue weighted by atomic mass is 79.9. The van der Waals surface area contributed by atoms with E-state index in [0.717, 1.165) is 14.9 Å². The topological polar surface area (TPSA) is 20.2 Å². The van der Waals surface area contributed by atoms with Gasteiger partial charge >= 0.3 is 0 Å². The minimum atomic E-state index is -0.454. The predicted molar refractivity (Wildman–Crippen MR) is 80.1 cm³/mol. The van der Waals surface area contributed by atoms with Crippen molar-refractivity contribution < 1.29 is 5.11 Å². The van der Waals surface area contributed by atoms with Crippen LogP contribution in [-0.2, 0) is 0 Å². The molecular formula is C15H15BrOS. The molecule has 3 heteroatoms. The summed E-state index contributed by atoms with van der Waals surface area (Å²) < 4.78 is 1.03. The van der Waals surface area contributed by atoms with Gasteiger partial charge in [-0.1, -0.05) is 52.0 Å². The lowest BCUT2D eigenvalue weighted by Crippen LogP contribution is -1.94. The zero-order chi connectivity index (χ0) is 13.1. The Balaban J connectivity index is 2.39. The number of rotatable bonds is 3. The molecule has 1 nitrogen and oxygen atoms in total.